The Morgan fingerprint density at radius 1 is 1.10 bits per heavy atom. The highest BCUT2D eigenvalue weighted by atomic mass is 28.3. The Kier molecular flexibility index (Phi) is 4.97. The molecule has 1 aliphatic carbocycles. The maximum absolute atomic E-state index is 12.4. The van der Waals surface area contributed by atoms with Gasteiger partial charge in [-0.2, -0.15) is 0 Å². The molecule has 112 valence electrons. The minimum absolute atomic E-state index is 0.220. The first-order valence-electron chi connectivity index (χ1n) is 7.14. The summed E-state index contributed by atoms with van der Waals surface area (Å²) in [6.07, 6.45) is 1.92. The van der Waals surface area contributed by atoms with Crippen LogP contribution in [0.1, 0.15) is 13.3 Å². The molecule has 0 N–H and O–H groups in total. The van der Waals surface area contributed by atoms with E-state index in [2.05, 4.69) is 39.3 Å². The highest BCUT2D eigenvalue weighted by Crippen LogP contribution is 2.39. The molecule has 0 spiro atoms. The molecule has 0 atom stereocenters. The number of ether oxygens (including phenoxy) is 1. The molecule has 0 radical (unpaired) electrons. The summed E-state index contributed by atoms with van der Waals surface area (Å²) in [5, 5.41) is 2.25. The lowest BCUT2D eigenvalue weighted by molar-refractivity contribution is -0.137. The van der Waals surface area contributed by atoms with E-state index in [1.54, 1.807) is 13.0 Å². The van der Waals surface area contributed by atoms with Crippen molar-refractivity contribution >= 4 is 27.9 Å². The summed E-state index contributed by atoms with van der Waals surface area (Å²) >= 11 is 0. The minimum atomic E-state index is -1.70. The zero-order valence-electron chi connectivity index (χ0n) is 13.7. The molecule has 0 amide bonds. The van der Waals surface area contributed by atoms with Gasteiger partial charge in [0.2, 0.25) is 0 Å². The van der Waals surface area contributed by atoms with Gasteiger partial charge in [-0.25, -0.2) is 4.79 Å². The smallest absolute Gasteiger partial charge is 0.331 e. The van der Waals surface area contributed by atoms with E-state index in [4.69, 9.17) is 4.74 Å². The molecule has 0 aromatic carbocycles. The number of carbonyl (C=O) groups excluding carboxylic acids is 2. The summed E-state index contributed by atoms with van der Waals surface area (Å²) in [7, 11) is -3.37. The zero-order chi connectivity index (χ0) is 15.7. The van der Waals surface area contributed by atoms with Crippen LogP contribution in [0.3, 0.4) is 0 Å². The van der Waals surface area contributed by atoms with Gasteiger partial charge in [-0.15, -0.1) is 0 Å². The lowest BCUT2D eigenvalue weighted by Gasteiger charge is -2.26. The molecule has 0 aliphatic heterocycles. The molecule has 0 bridgehead atoms. The fourth-order valence-corrected chi connectivity index (χ4v) is 8.85. The van der Waals surface area contributed by atoms with Gasteiger partial charge in [0.1, 0.15) is 0 Å². The van der Waals surface area contributed by atoms with Crippen molar-refractivity contribution < 1.29 is 14.3 Å². The third-order valence-electron chi connectivity index (χ3n) is 3.28. The second kappa shape index (κ2) is 5.81. The number of carbonyl (C=O) groups is 2. The van der Waals surface area contributed by atoms with Gasteiger partial charge in [0.15, 0.2) is 5.78 Å². The Hall–Kier alpha value is -0.946. The summed E-state index contributed by atoms with van der Waals surface area (Å²) in [6, 6.07) is 0. The SMILES string of the molecule is CCOC(=O)/C=C1/CC(=O)C([Si](C)(C)C)=C1[Si](C)(C)C. The summed E-state index contributed by atoms with van der Waals surface area (Å²) in [5.74, 6) is -0.111. The summed E-state index contributed by atoms with van der Waals surface area (Å²) in [6.45, 7) is 15.5. The molecular formula is C15H26O3Si2. The third kappa shape index (κ3) is 3.79. The Morgan fingerprint density at radius 3 is 2.00 bits per heavy atom. The van der Waals surface area contributed by atoms with Gasteiger partial charge in [0.25, 0.3) is 0 Å². The molecule has 3 nitrogen and oxygen atoms in total. The largest absolute Gasteiger partial charge is 0.463 e. The van der Waals surface area contributed by atoms with Crippen LogP contribution < -0.4 is 0 Å². The molecule has 1 rings (SSSR count). The van der Waals surface area contributed by atoms with Crippen LogP contribution in [0.5, 0.6) is 0 Å². The second-order valence-corrected chi connectivity index (χ2v) is 17.3. The number of hydrogen-bond acceptors (Lipinski definition) is 3. The highest BCUT2D eigenvalue weighted by Gasteiger charge is 2.40. The van der Waals surface area contributed by atoms with Crippen LogP contribution in [-0.4, -0.2) is 34.5 Å². The third-order valence-corrected chi connectivity index (χ3v) is 7.63. The first-order chi connectivity index (χ1) is 8.98. The number of ketones is 1. The lowest BCUT2D eigenvalue weighted by Crippen LogP contribution is -2.34. The maximum atomic E-state index is 12.4. The van der Waals surface area contributed by atoms with Crippen LogP contribution in [0.15, 0.2) is 22.0 Å². The van der Waals surface area contributed by atoms with E-state index in [1.165, 1.54) is 5.20 Å². The molecule has 0 aromatic rings. The van der Waals surface area contributed by atoms with E-state index in [0.717, 1.165) is 10.8 Å². The fraction of sp³-hybridized carbons (Fsp3) is 0.600. The van der Waals surface area contributed by atoms with Crippen molar-refractivity contribution in [1.29, 1.82) is 0 Å². The van der Waals surface area contributed by atoms with Gasteiger partial charge < -0.3 is 4.74 Å². The Morgan fingerprint density at radius 2 is 1.60 bits per heavy atom. The minimum Gasteiger partial charge on any atom is -0.463 e. The van der Waals surface area contributed by atoms with Crippen LogP contribution in [0, 0.1) is 0 Å². The van der Waals surface area contributed by atoms with Crippen LogP contribution in [0.2, 0.25) is 39.3 Å². The predicted octanol–water partition coefficient (Wildman–Crippen LogP) is 3.50. The highest BCUT2D eigenvalue weighted by molar-refractivity contribution is 6.93. The van der Waals surface area contributed by atoms with E-state index in [9.17, 15) is 9.59 Å². The van der Waals surface area contributed by atoms with Gasteiger partial charge in [-0.1, -0.05) is 44.5 Å². The molecular weight excluding hydrogens is 284 g/mol. The standard InChI is InChI=1S/C15H26O3Si2/c1-8-18-13(17)10-11-9-12(16)15(20(5,6)7)14(11)19(2,3)4/h10H,8-9H2,1-7H3/b11-10-. The Balaban J connectivity index is 3.41. The van der Waals surface area contributed by atoms with Crippen LogP contribution in [0.4, 0.5) is 0 Å². The van der Waals surface area contributed by atoms with E-state index in [-0.39, 0.29) is 11.8 Å². The number of rotatable bonds is 4. The fourth-order valence-electron chi connectivity index (χ4n) is 2.75. The molecule has 0 saturated heterocycles. The quantitative estimate of drug-likeness (QED) is 0.453. The predicted molar refractivity (Wildman–Crippen MR) is 88.1 cm³/mol. The Bertz CT molecular complexity index is 488. The van der Waals surface area contributed by atoms with Crippen molar-refractivity contribution in [2.75, 3.05) is 6.61 Å². The molecule has 20 heavy (non-hydrogen) atoms. The Labute approximate surface area is 124 Å². The van der Waals surface area contributed by atoms with E-state index >= 15 is 0 Å². The van der Waals surface area contributed by atoms with Crippen molar-refractivity contribution in [1.82, 2.24) is 0 Å². The summed E-state index contributed by atoms with van der Waals surface area (Å²) in [5.41, 5.74) is 0.907. The van der Waals surface area contributed by atoms with E-state index < -0.39 is 16.1 Å². The molecule has 0 saturated carbocycles. The molecule has 0 aromatic heterocycles. The van der Waals surface area contributed by atoms with Crippen LogP contribution in [-0.2, 0) is 14.3 Å². The summed E-state index contributed by atoms with van der Waals surface area (Å²) < 4.78 is 5.00. The van der Waals surface area contributed by atoms with Crippen molar-refractivity contribution in [3.8, 4) is 0 Å². The molecule has 0 heterocycles. The van der Waals surface area contributed by atoms with E-state index in [0.29, 0.717) is 13.0 Å². The number of esters is 1. The van der Waals surface area contributed by atoms with Gasteiger partial charge in [0.05, 0.1) is 22.8 Å². The average molecular weight is 311 g/mol. The molecule has 0 unspecified atom stereocenters. The first kappa shape index (κ1) is 17.1. The van der Waals surface area contributed by atoms with Crippen molar-refractivity contribution in [3.05, 3.63) is 22.0 Å². The number of hydrogen-bond donors (Lipinski definition) is 0. The second-order valence-electron chi connectivity index (χ2n) is 7.27. The summed E-state index contributed by atoms with van der Waals surface area (Å²) in [4.78, 5) is 24.2. The van der Waals surface area contributed by atoms with Gasteiger partial charge >= 0.3 is 5.97 Å². The number of Topliss-reactive ketones (excluding diaryl/α,β-unsaturated/α-hetero) is 1. The van der Waals surface area contributed by atoms with Crippen molar-refractivity contribution in [2.45, 2.75) is 52.6 Å². The van der Waals surface area contributed by atoms with Gasteiger partial charge in [-0.3, -0.25) is 4.79 Å². The topological polar surface area (TPSA) is 43.4 Å². The molecule has 5 heteroatoms. The van der Waals surface area contributed by atoms with Crippen molar-refractivity contribution in [3.63, 3.8) is 0 Å². The van der Waals surface area contributed by atoms with Gasteiger partial charge in [-0.05, 0) is 17.7 Å². The molecule has 0 fully saturated rings. The first-order valence-corrected chi connectivity index (χ1v) is 14.1. The van der Waals surface area contributed by atoms with Crippen LogP contribution >= 0.6 is 0 Å². The maximum Gasteiger partial charge on any atom is 0.331 e. The normalized spacial score (nSPS) is 18.9. The lowest BCUT2D eigenvalue weighted by atomic mass is 10.2. The monoisotopic (exact) mass is 310 g/mol. The van der Waals surface area contributed by atoms with E-state index in [1.807, 2.05) is 0 Å². The van der Waals surface area contributed by atoms with Gasteiger partial charge in [0, 0.05) is 12.5 Å². The molecule has 1 aliphatic rings. The van der Waals surface area contributed by atoms with Crippen LogP contribution in [0.25, 0.3) is 0 Å². The average Bonchev–Trinajstić information content (AvgIpc) is 2.53. The zero-order valence-corrected chi connectivity index (χ0v) is 15.7. The number of allylic oxidation sites excluding steroid dienone is 3. The van der Waals surface area contributed by atoms with Crippen molar-refractivity contribution in [2.24, 2.45) is 0 Å².